The first kappa shape index (κ1) is 15.2. The molecular formula is C16H27NO. The van der Waals surface area contributed by atoms with Crippen molar-refractivity contribution in [3.63, 3.8) is 0 Å². The van der Waals surface area contributed by atoms with E-state index in [9.17, 15) is 5.11 Å². The summed E-state index contributed by atoms with van der Waals surface area (Å²) < 4.78 is 0. The molecular weight excluding hydrogens is 222 g/mol. The van der Waals surface area contributed by atoms with E-state index in [2.05, 4.69) is 46.8 Å². The maximum absolute atomic E-state index is 9.38. The minimum absolute atomic E-state index is 0.00393. The Balaban J connectivity index is 3.38. The first-order valence-corrected chi connectivity index (χ1v) is 6.58. The molecule has 0 aromatic heterocycles. The Morgan fingerprint density at radius 3 is 2.00 bits per heavy atom. The zero-order valence-electron chi connectivity index (χ0n) is 12.6. The molecule has 0 saturated heterocycles. The molecule has 0 aliphatic rings. The lowest BCUT2D eigenvalue weighted by atomic mass is 9.76. The van der Waals surface area contributed by atoms with E-state index in [1.165, 1.54) is 22.3 Å². The molecule has 0 fully saturated rings. The highest BCUT2D eigenvalue weighted by atomic mass is 16.3. The summed E-state index contributed by atoms with van der Waals surface area (Å²) in [6.45, 7) is 12.9. The standard InChI is InChI=1S/C16H27NO/c1-11-7-8-12(2)14(15(3,4)5)13(11)9-16(6,17)10-18/h7-8,18H,9-10,17H2,1-6H3/t16-/m1/s1. The van der Waals surface area contributed by atoms with Crippen LogP contribution >= 0.6 is 0 Å². The summed E-state index contributed by atoms with van der Waals surface area (Å²) in [7, 11) is 0. The van der Waals surface area contributed by atoms with Gasteiger partial charge in [0.1, 0.15) is 0 Å². The van der Waals surface area contributed by atoms with Crippen molar-refractivity contribution >= 4 is 0 Å². The Kier molecular flexibility index (Phi) is 4.24. The van der Waals surface area contributed by atoms with Crippen LogP contribution in [0.1, 0.15) is 49.9 Å². The zero-order chi connectivity index (χ0) is 14.1. The van der Waals surface area contributed by atoms with Crippen molar-refractivity contribution in [2.24, 2.45) is 5.73 Å². The van der Waals surface area contributed by atoms with Crippen LogP contribution in [-0.4, -0.2) is 17.3 Å². The lowest BCUT2D eigenvalue weighted by molar-refractivity contribution is 0.207. The lowest BCUT2D eigenvalue weighted by Gasteiger charge is -2.31. The van der Waals surface area contributed by atoms with Gasteiger partial charge in [-0.25, -0.2) is 0 Å². The third-order valence-electron chi connectivity index (χ3n) is 3.45. The predicted octanol–water partition coefficient (Wildman–Crippen LogP) is 2.85. The van der Waals surface area contributed by atoms with E-state index in [-0.39, 0.29) is 12.0 Å². The fraction of sp³-hybridized carbons (Fsp3) is 0.625. The van der Waals surface area contributed by atoms with Gasteiger partial charge in [0.25, 0.3) is 0 Å². The third kappa shape index (κ3) is 3.33. The van der Waals surface area contributed by atoms with Crippen molar-refractivity contribution in [1.82, 2.24) is 0 Å². The van der Waals surface area contributed by atoms with E-state index < -0.39 is 5.54 Å². The molecule has 18 heavy (non-hydrogen) atoms. The quantitative estimate of drug-likeness (QED) is 0.865. The molecule has 102 valence electrons. The van der Waals surface area contributed by atoms with Crippen molar-refractivity contribution in [2.75, 3.05) is 6.61 Å². The Hall–Kier alpha value is -0.860. The van der Waals surface area contributed by atoms with Gasteiger partial charge < -0.3 is 10.8 Å². The van der Waals surface area contributed by atoms with Crippen LogP contribution in [0.2, 0.25) is 0 Å². The van der Waals surface area contributed by atoms with Gasteiger partial charge in [0.2, 0.25) is 0 Å². The molecule has 0 aliphatic heterocycles. The number of aliphatic hydroxyl groups excluding tert-OH is 1. The predicted molar refractivity (Wildman–Crippen MR) is 78.0 cm³/mol. The summed E-state index contributed by atoms with van der Waals surface area (Å²) in [5.74, 6) is 0. The van der Waals surface area contributed by atoms with Crippen LogP contribution in [0.3, 0.4) is 0 Å². The largest absolute Gasteiger partial charge is 0.394 e. The summed E-state index contributed by atoms with van der Waals surface area (Å²) in [4.78, 5) is 0. The van der Waals surface area contributed by atoms with Gasteiger partial charge in [-0.1, -0.05) is 32.9 Å². The molecule has 1 aromatic carbocycles. The second-order valence-corrected chi connectivity index (χ2v) is 6.79. The second-order valence-electron chi connectivity index (χ2n) is 6.79. The number of benzene rings is 1. The second kappa shape index (κ2) is 5.02. The van der Waals surface area contributed by atoms with E-state index in [4.69, 9.17) is 5.73 Å². The number of nitrogens with two attached hydrogens (primary N) is 1. The lowest BCUT2D eigenvalue weighted by Crippen LogP contribution is -2.43. The zero-order valence-corrected chi connectivity index (χ0v) is 12.6. The fourth-order valence-electron chi connectivity index (χ4n) is 2.60. The highest BCUT2D eigenvalue weighted by Crippen LogP contribution is 2.32. The number of hydrogen-bond donors (Lipinski definition) is 2. The molecule has 0 heterocycles. The number of rotatable bonds is 3. The van der Waals surface area contributed by atoms with E-state index >= 15 is 0 Å². The van der Waals surface area contributed by atoms with Gasteiger partial charge in [-0.3, -0.25) is 0 Å². The molecule has 0 saturated carbocycles. The third-order valence-corrected chi connectivity index (χ3v) is 3.45. The maximum atomic E-state index is 9.38. The molecule has 1 atom stereocenters. The van der Waals surface area contributed by atoms with Crippen molar-refractivity contribution in [1.29, 1.82) is 0 Å². The van der Waals surface area contributed by atoms with Crippen LogP contribution < -0.4 is 5.73 Å². The highest BCUT2D eigenvalue weighted by molar-refractivity contribution is 5.45. The smallest absolute Gasteiger partial charge is 0.0611 e. The Morgan fingerprint density at radius 1 is 1.06 bits per heavy atom. The van der Waals surface area contributed by atoms with Crippen molar-refractivity contribution in [3.05, 3.63) is 34.4 Å². The van der Waals surface area contributed by atoms with Gasteiger partial charge in [-0.2, -0.15) is 0 Å². The van der Waals surface area contributed by atoms with Crippen LogP contribution in [0.4, 0.5) is 0 Å². The van der Waals surface area contributed by atoms with Crippen molar-refractivity contribution < 1.29 is 5.11 Å². The van der Waals surface area contributed by atoms with Crippen LogP contribution in [0.25, 0.3) is 0 Å². The molecule has 0 spiro atoms. The molecule has 2 heteroatoms. The molecule has 0 bridgehead atoms. The molecule has 0 unspecified atom stereocenters. The minimum Gasteiger partial charge on any atom is -0.394 e. The Morgan fingerprint density at radius 2 is 1.56 bits per heavy atom. The number of aliphatic hydroxyl groups is 1. The fourth-order valence-corrected chi connectivity index (χ4v) is 2.60. The summed E-state index contributed by atoms with van der Waals surface area (Å²) in [5, 5.41) is 9.38. The molecule has 3 N–H and O–H groups in total. The average Bonchev–Trinajstić information content (AvgIpc) is 2.21. The molecule has 1 rings (SSSR count). The first-order chi connectivity index (χ1) is 8.08. The van der Waals surface area contributed by atoms with E-state index in [0.717, 1.165) is 0 Å². The number of hydrogen-bond acceptors (Lipinski definition) is 2. The normalized spacial score (nSPS) is 15.6. The maximum Gasteiger partial charge on any atom is 0.0611 e. The minimum atomic E-state index is -0.557. The SMILES string of the molecule is Cc1ccc(C)c(C(C)(C)C)c1C[C@@](C)(N)CO. The van der Waals surface area contributed by atoms with Gasteiger partial charge in [0.05, 0.1) is 6.61 Å². The average molecular weight is 249 g/mol. The first-order valence-electron chi connectivity index (χ1n) is 6.58. The summed E-state index contributed by atoms with van der Waals surface area (Å²) >= 11 is 0. The van der Waals surface area contributed by atoms with Gasteiger partial charge in [0, 0.05) is 5.54 Å². The van der Waals surface area contributed by atoms with Gasteiger partial charge in [0.15, 0.2) is 0 Å². The van der Waals surface area contributed by atoms with Crippen LogP contribution in [0, 0.1) is 13.8 Å². The van der Waals surface area contributed by atoms with Gasteiger partial charge >= 0.3 is 0 Å². The summed E-state index contributed by atoms with van der Waals surface area (Å²) in [6.07, 6.45) is 0.712. The van der Waals surface area contributed by atoms with Crippen LogP contribution in [-0.2, 0) is 11.8 Å². The Labute approximate surface area is 111 Å². The number of aryl methyl sites for hydroxylation is 2. The molecule has 0 amide bonds. The van der Waals surface area contributed by atoms with E-state index in [1.54, 1.807) is 0 Å². The Bertz CT molecular complexity index is 427. The summed E-state index contributed by atoms with van der Waals surface area (Å²) in [6, 6.07) is 4.32. The molecule has 1 aromatic rings. The van der Waals surface area contributed by atoms with E-state index in [1.807, 2.05) is 6.92 Å². The van der Waals surface area contributed by atoms with Gasteiger partial charge in [-0.05, 0) is 54.9 Å². The summed E-state index contributed by atoms with van der Waals surface area (Å²) in [5.41, 5.74) is 10.9. The van der Waals surface area contributed by atoms with Crippen molar-refractivity contribution in [2.45, 2.75) is 58.9 Å². The van der Waals surface area contributed by atoms with Crippen LogP contribution in [0.5, 0.6) is 0 Å². The molecule has 0 radical (unpaired) electrons. The highest BCUT2D eigenvalue weighted by Gasteiger charge is 2.26. The van der Waals surface area contributed by atoms with E-state index in [0.29, 0.717) is 6.42 Å². The molecule has 0 aliphatic carbocycles. The monoisotopic (exact) mass is 249 g/mol. The van der Waals surface area contributed by atoms with Crippen LogP contribution in [0.15, 0.2) is 12.1 Å². The molecule has 2 nitrogen and oxygen atoms in total. The topological polar surface area (TPSA) is 46.2 Å². The van der Waals surface area contributed by atoms with Gasteiger partial charge in [-0.15, -0.1) is 0 Å². The van der Waals surface area contributed by atoms with Crippen molar-refractivity contribution in [3.8, 4) is 0 Å².